The Labute approximate surface area is 319 Å². The normalized spacial score (nSPS) is 14.7. The molecule has 1 aliphatic rings. The van der Waals surface area contributed by atoms with E-state index in [1.807, 2.05) is 24.3 Å². The molecular formula is C52H34N2O. The van der Waals surface area contributed by atoms with E-state index in [1.54, 1.807) is 0 Å². The van der Waals surface area contributed by atoms with E-state index in [2.05, 4.69) is 171 Å². The van der Waals surface area contributed by atoms with Crippen molar-refractivity contribution in [2.24, 2.45) is 0 Å². The Bertz CT molecular complexity index is 3110. The van der Waals surface area contributed by atoms with Gasteiger partial charge in [0, 0.05) is 38.3 Å². The highest BCUT2D eigenvalue weighted by atomic mass is 16.3. The van der Waals surface area contributed by atoms with Crippen molar-refractivity contribution in [1.29, 1.82) is 0 Å². The Hall–Kier alpha value is -7.10. The summed E-state index contributed by atoms with van der Waals surface area (Å²) in [4.78, 5) is 10.6. The first kappa shape index (κ1) is 31.4. The molecule has 1 unspecified atom stereocenters. The van der Waals surface area contributed by atoms with Gasteiger partial charge in [0.05, 0.1) is 11.4 Å². The summed E-state index contributed by atoms with van der Waals surface area (Å²) in [6.45, 7) is 2.36. The van der Waals surface area contributed by atoms with Crippen LogP contribution in [0, 0.1) is 0 Å². The van der Waals surface area contributed by atoms with E-state index in [1.165, 1.54) is 27.8 Å². The van der Waals surface area contributed by atoms with Crippen LogP contribution >= 0.6 is 0 Å². The number of hydrogen-bond acceptors (Lipinski definition) is 3. The average molecular weight is 703 g/mol. The molecule has 0 saturated carbocycles. The third kappa shape index (κ3) is 4.83. The van der Waals surface area contributed by atoms with Gasteiger partial charge < -0.3 is 4.42 Å². The van der Waals surface area contributed by atoms with Gasteiger partial charge >= 0.3 is 0 Å². The zero-order valence-corrected chi connectivity index (χ0v) is 30.2. The van der Waals surface area contributed by atoms with Gasteiger partial charge in [-0.3, -0.25) is 0 Å². The minimum absolute atomic E-state index is 0.307. The number of rotatable bonds is 5. The van der Waals surface area contributed by atoms with Gasteiger partial charge in [-0.05, 0) is 75.5 Å². The van der Waals surface area contributed by atoms with Crippen molar-refractivity contribution in [2.75, 3.05) is 0 Å². The zero-order chi connectivity index (χ0) is 36.5. The Morgan fingerprint density at radius 2 is 1.09 bits per heavy atom. The van der Waals surface area contributed by atoms with Gasteiger partial charge in [-0.2, -0.15) is 0 Å². The maximum Gasteiger partial charge on any atom is 0.160 e. The van der Waals surface area contributed by atoms with Gasteiger partial charge in [0.1, 0.15) is 11.2 Å². The maximum absolute atomic E-state index is 6.56. The second-order valence-corrected chi connectivity index (χ2v) is 14.6. The van der Waals surface area contributed by atoms with Crippen LogP contribution in [-0.2, 0) is 5.41 Å². The Kier molecular flexibility index (Phi) is 6.99. The molecule has 0 amide bonds. The van der Waals surface area contributed by atoms with Gasteiger partial charge in [-0.25, -0.2) is 9.97 Å². The highest BCUT2D eigenvalue weighted by molar-refractivity contribution is 6.21. The molecule has 3 heteroatoms. The van der Waals surface area contributed by atoms with Crippen molar-refractivity contribution in [3.05, 3.63) is 205 Å². The molecule has 3 nitrogen and oxygen atoms in total. The molecule has 10 aromatic rings. The lowest BCUT2D eigenvalue weighted by Crippen LogP contribution is -2.22. The van der Waals surface area contributed by atoms with Crippen molar-refractivity contribution in [3.63, 3.8) is 0 Å². The Morgan fingerprint density at radius 1 is 0.455 bits per heavy atom. The van der Waals surface area contributed by atoms with Crippen molar-refractivity contribution in [2.45, 2.75) is 12.3 Å². The van der Waals surface area contributed by atoms with E-state index in [0.29, 0.717) is 5.82 Å². The molecule has 0 spiro atoms. The van der Waals surface area contributed by atoms with Crippen LogP contribution in [0.15, 0.2) is 192 Å². The van der Waals surface area contributed by atoms with Crippen LogP contribution in [0.25, 0.3) is 88.9 Å². The van der Waals surface area contributed by atoms with Gasteiger partial charge in [0.2, 0.25) is 0 Å². The van der Waals surface area contributed by atoms with Crippen molar-refractivity contribution in [1.82, 2.24) is 9.97 Å². The van der Waals surface area contributed by atoms with Crippen molar-refractivity contribution < 1.29 is 4.42 Å². The molecular weight excluding hydrogens is 669 g/mol. The van der Waals surface area contributed by atoms with E-state index in [-0.39, 0.29) is 5.41 Å². The second kappa shape index (κ2) is 12.2. The van der Waals surface area contributed by atoms with E-state index in [0.717, 1.165) is 71.9 Å². The predicted octanol–water partition coefficient (Wildman–Crippen LogP) is 13.5. The zero-order valence-electron chi connectivity index (χ0n) is 30.2. The van der Waals surface area contributed by atoms with Crippen LogP contribution in [0.4, 0.5) is 0 Å². The van der Waals surface area contributed by atoms with Crippen LogP contribution in [0.5, 0.6) is 0 Å². The quantitative estimate of drug-likeness (QED) is 0.179. The number of para-hydroxylation sites is 1. The van der Waals surface area contributed by atoms with Gasteiger partial charge in [-0.15, -0.1) is 0 Å². The highest BCUT2D eigenvalue weighted by Gasteiger charge is 2.41. The van der Waals surface area contributed by atoms with Gasteiger partial charge in [0.25, 0.3) is 0 Å². The first-order chi connectivity index (χ1) is 27.1. The summed E-state index contributed by atoms with van der Waals surface area (Å²) >= 11 is 0. The Balaban J connectivity index is 1.13. The summed E-state index contributed by atoms with van der Waals surface area (Å²) in [5.41, 5.74) is 14.9. The van der Waals surface area contributed by atoms with E-state index in [4.69, 9.17) is 14.4 Å². The molecule has 0 aliphatic heterocycles. The van der Waals surface area contributed by atoms with E-state index < -0.39 is 0 Å². The Morgan fingerprint density at radius 3 is 1.96 bits per heavy atom. The fraction of sp³-hybridized carbons (Fsp3) is 0.0385. The summed E-state index contributed by atoms with van der Waals surface area (Å²) < 4.78 is 6.56. The second-order valence-electron chi connectivity index (χ2n) is 14.6. The molecule has 0 fully saturated rings. The summed E-state index contributed by atoms with van der Waals surface area (Å²) in [5, 5.41) is 4.49. The van der Waals surface area contributed by atoms with Crippen LogP contribution in [0.3, 0.4) is 0 Å². The van der Waals surface area contributed by atoms with Crippen LogP contribution in [0.2, 0.25) is 0 Å². The molecule has 0 saturated heterocycles. The maximum atomic E-state index is 6.56. The van der Waals surface area contributed by atoms with Crippen molar-refractivity contribution in [3.8, 4) is 56.2 Å². The van der Waals surface area contributed by atoms with Crippen LogP contribution in [-0.4, -0.2) is 9.97 Å². The summed E-state index contributed by atoms with van der Waals surface area (Å²) in [7, 11) is 0. The lowest BCUT2D eigenvalue weighted by atomic mass is 9.74. The molecule has 0 bridgehead atoms. The third-order valence-corrected chi connectivity index (χ3v) is 11.6. The smallest absolute Gasteiger partial charge is 0.160 e. The largest absolute Gasteiger partial charge is 0.455 e. The fourth-order valence-electron chi connectivity index (χ4n) is 8.92. The van der Waals surface area contributed by atoms with E-state index in [9.17, 15) is 0 Å². The molecule has 258 valence electrons. The fourth-order valence-corrected chi connectivity index (χ4v) is 8.92. The SMILES string of the molecule is CC1(c2ccccc2)c2ccccc2-c2c(-c3cc(-c4cccc(-c5cc6ccccc6c6oc7ccccc7c56)c4)nc(-c4ccccc4)n3)cccc21. The van der Waals surface area contributed by atoms with Gasteiger partial charge in [0.15, 0.2) is 5.82 Å². The lowest BCUT2D eigenvalue weighted by Gasteiger charge is -2.28. The highest BCUT2D eigenvalue weighted by Crippen LogP contribution is 2.55. The molecule has 1 atom stereocenters. The monoisotopic (exact) mass is 702 g/mol. The molecule has 11 rings (SSSR count). The minimum atomic E-state index is -0.307. The summed E-state index contributed by atoms with van der Waals surface area (Å²) in [6.07, 6.45) is 0. The third-order valence-electron chi connectivity index (χ3n) is 11.6. The van der Waals surface area contributed by atoms with Crippen LogP contribution in [0.1, 0.15) is 23.6 Å². The molecule has 1 aliphatic carbocycles. The first-order valence-electron chi connectivity index (χ1n) is 18.8. The topological polar surface area (TPSA) is 38.9 Å². The minimum Gasteiger partial charge on any atom is -0.455 e. The molecule has 0 N–H and O–H groups in total. The number of furan rings is 1. The predicted molar refractivity (Wildman–Crippen MR) is 226 cm³/mol. The lowest BCUT2D eigenvalue weighted by molar-refractivity contribution is 0.673. The number of benzene rings is 8. The summed E-state index contributed by atoms with van der Waals surface area (Å²) in [6, 6.07) is 66.8. The molecule has 2 aromatic heterocycles. The number of hydrogen-bond donors (Lipinski definition) is 0. The van der Waals surface area contributed by atoms with E-state index >= 15 is 0 Å². The summed E-state index contributed by atoms with van der Waals surface area (Å²) in [5.74, 6) is 0.696. The number of fused-ring (bicyclic) bond motifs is 8. The number of nitrogens with zero attached hydrogens (tertiary/aromatic N) is 2. The van der Waals surface area contributed by atoms with Gasteiger partial charge in [-0.1, -0.05) is 164 Å². The first-order valence-corrected chi connectivity index (χ1v) is 18.8. The average Bonchev–Trinajstić information content (AvgIpc) is 3.78. The molecule has 55 heavy (non-hydrogen) atoms. The molecule has 8 aromatic carbocycles. The van der Waals surface area contributed by atoms with Crippen LogP contribution < -0.4 is 0 Å². The standard InChI is InChI=1S/C52H34N2O/c1-52(37-21-6-3-7-22-37)43-27-12-10-24-39(43)48-40(26-15-28-44(48)52)46-32-45(53-51(54-46)33-16-4-2-5-17-33)36-20-14-19-34(30-36)42-31-35-18-8-9-23-38(35)50-49(42)41-25-11-13-29-47(41)55-50/h2-32H,1H3. The molecule has 0 radical (unpaired) electrons. The molecule has 2 heterocycles. The number of aromatic nitrogens is 2. The van der Waals surface area contributed by atoms with Crippen molar-refractivity contribution >= 4 is 32.7 Å².